The minimum atomic E-state index is -0.402. The Bertz CT molecular complexity index is 3080. The van der Waals surface area contributed by atoms with Crippen molar-refractivity contribution in [2.24, 2.45) is 0 Å². The Hall–Kier alpha value is -7.43. The number of hydrogen-bond donors (Lipinski definition) is 0. The lowest BCUT2D eigenvalue weighted by Gasteiger charge is -2.30. The van der Waals surface area contributed by atoms with Crippen LogP contribution >= 0.6 is 0 Å². The largest absolute Gasteiger partial charge is 0.456 e. The highest BCUT2D eigenvalue weighted by atomic mass is 16.3. The molecule has 260 valence electrons. The minimum Gasteiger partial charge on any atom is -0.456 e. The van der Waals surface area contributed by atoms with Gasteiger partial charge in [-0.05, 0) is 79.9 Å². The van der Waals surface area contributed by atoms with Gasteiger partial charge in [0.25, 0.3) is 0 Å². The summed E-state index contributed by atoms with van der Waals surface area (Å²) in [7, 11) is 0. The molecule has 12 rings (SSSR count). The van der Waals surface area contributed by atoms with E-state index in [9.17, 15) is 0 Å². The molecular formula is C52H31N3O. The predicted octanol–water partition coefficient (Wildman–Crippen LogP) is 12.8. The number of nitrogens with zero attached hydrogens (tertiary/aromatic N) is 3. The first-order valence-electron chi connectivity index (χ1n) is 19.0. The number of fused-ring (bicyclic) bond motifs is 13. The fourth-order valence-electron chi connectivity index (χ4n) is 9.40. The zero-order valence-corrected chi connectivity index (χ0v) is 30.1. The molecule has 0 aliphatic heterocycles. The van der Waals surface area contributed by atoms with E-state index in [0.29, 0.717) is 17.5 Å². The molecule has 0 amide bonds. The molecule has 0 unspecified atom stereocenters. The van der Waals surface area contributed by atoms with E-state index in [-0.39, 0.29) is 0 Å². The summed E-state index contributed by atoms with van der Waals surface area (Å²) in [6, 6.07) is 66.8. The summed E-state index contributed by atoms with van der Waals surface area (Å²) in [5.41, 5.74) is 16.8. The van der Waals surface area contributed by atoms with E-state index in [0.717, 1.165) is 49.8 Å². The summed E-state index contributed by atoms with van der Waals surface area (Å²) in [5.74, 6) is 1.86. The number of hydrogen-bond acceptors (Lipinski definition) is 4. The van der Waals surface area contributed by atoms with Gasteiger partial charge in [0.05, 0.1) is 5.41 Å². The summed E-state index contributed by atoms with van der Waals surface area (Å²) in [6.07, 6.45) is 0. The van der Waals surface area contributed by atoms with Gasteiger partial charge < -0.3 is 4.42 Å². The molecule has 0 saturated carbocycles. The maximum absolute atomic E-state index is 6.53. The molecule has 2 aliphatic rings. The van der Waals surface area contributed by atoms with Crippen molar-refractivity contribution in [3.05, 3.63) is 210 Å². The van der Waals surface area contributed by atoms with Crippen LogP contribution in [0.1, 0.15) is 22.3 Å². The van der Waals surface area contributed by atoms with Crippen LogP contribution in [0.5, 0.6) is 0 Å². The third-order valence-electron chi connectivity index (χ3n) is 11.8. The van der Waals surface area contributed by atoms with Gasteiger partial charge in [-0.2, -0.15) is 0 Å². The molecule has 10 aromatic rings. The lowest BCUT2D eigenvalue weighted by atomic mass is 9.70. The average Bonchev–Trinajstić information content (AvgIpc) is 3.90. The van der Waals surface area contributed by atoms with Crippen molar-refractivity contribution in [1.29, 1.82) is 0 Å². The van der Waals surface area contributed by atoms with Crippen LogP contribution in [0.25, 0.3) is 89.5 Å². The van der Waals surface area contributed by atoms with Crippen molar-refractivity contribution in [3.63, 3.8) is 0 Å². The highest BCUT2D eigenvalue weighted by molar-refractivity contribution is 6.13. The molecule has 2 aliphatic carbocycles. The van der Waals surface area contributed by atoms with Crippen molar-refractivity contribution < 1.29 is 4.42 Å². The lowest BCUT2D eigenvalue weighted by Crippen LogP contribution is -2.25. The summed E-state index contributed by atoms with van der Waals surface area (Å²) < 4.78 is 6.53. The van der Waals surface area contributed by atoms with Gasteiger partial charge in [-0.3, -0.25) is 0 Å². The van der Waals surface area contributed by atoms with E-state index in [1.54, 1.807) is 0 Å². The Morgan fingerprint density at radius 3 is 1.41 bits per heavy atom. The normalized spacial score (nSPS) is 13.1. The first-order chi connectivity index (χ1) is 27.8. The number of rotatable bonds is 4. The van der Waals surface area contributed by atoms with Crippen LogP contribution in [0.3, 0.4) is 0 Å². The van der Waals surface area contributed by atoms with Crippen molar-refractivity contribution in [1.82, 2.24) is 15.0 Å². The number of furan rings is 1. The topological polar surface area (TPSA) is 51.8 Å². The fourth-order valence-corrected chi connectivity index (χ4v) is 9.40. The van der Waals surface area contributed by atoms with Crippen molar-refractivity contribution >= 4 is 21.9 Å². The van der Waals surface area contributed by atoms with Crippen LogP contribution in [0.4, 0.5) is 0 Å². The van der Waals surface area contributed by atoms with Crippen molar-refractivity contribution in [2.45, 2.75) is 5.41 Å². The average molecular weight is 714 g/mol. The van der Waals surface area contributed by atoms with Gasteiger partial charge in [-0.25, -0.2) is 15.0 Å². The molecule has 0 radical (unpaired) electrons. The van der Waals surface area contributed by atoms with Crippen LogP contribution in [0, 0.1) is 0 Å². The minimum absolute atomic E-state index is 0.402. The van der Waals surface area contributed by atoms with Crippen LogP contribution in [-0.2, 0) is 5.41 Å². The monoisotopic (exact) mass is 713 g/mol. The molecule has 4 nitrogen and oxygen atoms in total. The van der Waals surface area contributed by atoms with Crippen LogP contribution in [0.15, 0.2) is 192 Å². The van der Waals surface area contributed by atoms with Crippen LogP contribution < -0.4 is 0 Å². The van der Waals surface area contributed by atoms with Gasteiger partial charge in [-0.15, -0.1) is 0 Å². The first kappa shape index (κ1) is 31.0. The second-order valence-corrected chi connectivity index (χ2v) is 14.7. The zero-order chi connectivity index (χ0) is 36.8. The molecule has 0 fully saturated rings. The Morgan fingerprint density at radius 1 is 0.321 bits per heavy atom. The number of aromatic nitrogens is 3. The van der Waals surface area contributed by atoms with Gasteiger partial charge >= 0.3 is 0 Å². The summed E-state index contributed by atoms with van der Waals surface area (Å²) in [4.78, 5) is 15.1. The number of benzene rings is 8. The molecule has 2 heterocycles. The quantitative estimate of drug-likeness (QED) is 0.182. The van der Waals surface area contributed by atoms with Gasteiger partial charge in [0.1, 0.15) is 11.2 Å². The molecule has 8 aromatic carbocycles. The highest BCUT2D eigenvalue weighted by Gasteiger charge is 2.51. The molecule has 1 spiro atoms. The van der Waals surface area contributed by atoms with E-state index in [2.05, 4.69) is 115 Å². The molecule has 0 atom stereocenters. The molecular weight excluding hydrogens is 683 g/mol. The van der Waals surface area contributed by atoms with Gasteiger partial charge in [0.15, 0.2) is 17.5 Å². The van der Waals surface area contributed by atoms with E-state index in [1.807, 2.05) is 72.8 Å². The Kier molecular flexibility index (Phi) is 6.52. The Morgan fingerprint density at radius 2 is 0.804 bits per heavy atom. The van der Waals surface area contributed by atoms with E-state index < -0.39 is 5.41 Å². The molecule has 0 N–H and O–H groups in total. The van der Waals surface area contributed by atoms with Gasteiger partial charge in [0.2, 0.25) is 0 Å². The third-order valence-corrected chi connectivity index (χ3v) is 11.8. The standard InChI is InChI=1S/C52H31N3O/c1-3-14-32(15-4-1)49-53-50(33-16-5-2-6-17-33)55-51(54-49)40-21-13-25-47-48(40)41-30-34(27-29-46(41)56-47)35-26-28-39-38-20-9-12-24-44(38)52(45(39)31-35)42-22-10-7-18-36(42)37-19-8-11-23-43(37)52/h1-31H. The fraction of sp³-hybridized carbons (Fsp3) is 0.0192. The van der Waals surface area contributed by atoms with Gasteiger partial charge in [-0.1, -0.05) is 164 Å². The van der Waals surface area contributed by atoms with E-state index in [4.69, 9.17) is 19.4 Å². The lowest BCUT2D eigenvalue weighted by molar-refractivity contribution is 0.669. The summed E-state index contributed by atoms with van der Waals surface area (Å²) in [5, 5.41) is 2.00. The third kappa shape index (κ3) is 4.32. The first-order valence-corrected chi connectivity index (χ1v) is 19.0. The smallest absolute Gasteiger partial charge is 0.164 e. The molecule has 0 bridgehead atoms. The molecule has 56 heavy (non-hydrogen) atoms. The maximum atomic E-state index is 6.53. The molecule has 0 saturated heterocycles. The zero-order valence-electron chi connectivity index (χ0n) is 30.1. The molecule has 2 aromatic heterocycles. The van der Waals surface area contributed by atoms with Crippen molar-refractivity contribution in [2.75, 3.05) is 0 Å². The van der Waals surface area contributed by atoms with Gasteiger partial charge in [0, 0.05) is 27.5 Å². The van der Waals surface area contributed by atoms with Crippen LogP contribution in [0.2, 0.25) is 0 Å². The second-order valence-electron chi connectivity index (χ2n) is 14.7. The van der Waals surface area contributed by atoms with E-state index in [1.165, 1.54) is 44.5 Å². The van der Waals surface area contributed by atoms with Crippen molar-refractivity contribution in [3.8, 4) is 67.5 Å². The Balaban J connectivity index is 1.06. The van der Waals surface area contributed by atoms with Crippen LogP contribution in [-0.4, -0.2) is 15.0 Å². The molecule has 4 heteroatoms. The predicted molar refractivity (Wildman–Crippen MR) is 225 cm³/mol. The van der Waals surface area contributed by atoms with E-state index >= 15 is 0 Å². The highest BCUT2D eigenvalue weighted by Crippen LogP contribution is 2.63. The summed E-state index contributed by atoms with van der Waals surface area (Å²) in [6.45, 7) is 0. The second kappa shape index (κ2) is 11.8. The summed E-state index contributed by atoms with van der Waals surface area (Å²) >= 11 is 0. The SMILES string of the molecule is c1ccc(-c2nc(-c3ccccc3)nc(-c3cccc4oc5ccc(-c6ccc7c(c6)C6(c8ccccc8-c8ccccc86)c6ccccc6-7)cc5c34)n2)cc1. The maximum Gasteiger partial charge on any atom is 0.164 e. The Labute approximate surface area is 323 Å².